The van der Waals surface area contributed by atoms with Gasteiger partial charge < -0.3 is 11.1 Å². The summed E-state index contributed by atoms with van der Waals surface area (Å²) in [5.74, 6) is 0.833. The van der Waals surface area contributed by atoms with E-state index in [1.807, 2.05) is 13.8 Å². The van der Waals surface area contributed by atoms with Crippen LogP contribution in [0.3, 0.4) is 0 Å². The van der Waals surface area contributed by atoms with Crippen LogP contribution in [0, 0.1) is 23.2 Å². The third kappa shape index (κ3) is 3.63. The second-order valence-corrected chi connectivity index (χ2v) is 7.50. The number of carbonyl (C=O) groups is 1. The molecular weight excluding hydrogens is 282 g/mol. The molecule has 1 aromatic heterocycles. The number of fused-ring (bicyclic) bond motifs is 1. The van der Waals surface area contributed by atoms with Crippen molar-refractivity contribution in [3.63, 3.8) is 0 Å². The lowest BCUT2D eigenvalue weighted by Crippen LogP contribution is -2.36. The molecule has 0 saturated carbocycles. The van der Waals surface area contributed by atoms with Crippen LogP contribution in [0.15, 0.2) is 0 Å². The molecule has 0 saturated heterocycles. The number of hydrogen-bond donors (Lipinski definition) is 2. The van der Waals surface area contributed by atoms with E-state index in [4.69, 9.17) is 5.73 Å². The van der Waals surface area contributed by atoms with E-state index in [1.54, 1.807) is 11.3 Å². The van der Waals surface area contributed by atoms with Crippen molar-refractivity contribution in [2.45, 2.75) is 52.5 Å². The first-order valence-electron chi connectivity index (χ1n) is 7.53. The van der Waals surface area contributed by atoms with E-state index in [-0.39, 0.29) is 5.91 Å². The molecule has 1 unspecified atom stereocenters. The average molecular weight is 305 g/mol. The molecule has 1 aromatic rings. The number of nitrogens with one attached hydrogen (secondary N) is 1. The number of anilines is 1. The fourth-order valence-corrected chi connectivity index (χ4v) is 4.14. The van der Waals surface area contributed by atoms with E-state index in [0.717, 1.165) is 24.8 Å². The second kappa shape index (κ2) is 6.59. The molecule has 5 heteroatoms. The molecule has 0 radical (unpaired) electrons. The van der Waals surface area contributed by atoms with Gasteiger partial charge in [-0.2, -0.15) is 5.26 Å². The minimum atomic E-state index is -0.519. The van der Waals surface area contributed by atoms with Gasteiger partial charge in [0, 0.05) is 4.88 Å². The number of nitrogens with two attached hydrogens (primary N) is 1. The maximum Gasteiger partial charge on any atom is 0.241 e. The molecule has 0 aromatic carbocycles. The van der Waals surface area contributed by atoms with Gasteiger partial charge in [0.05, 0.1) is 11.6 Å². The monoisotopic (exact) mass is 305 g/mol. The Morgan fingerprint density at radius 2 is 2.29 bits per heavy atom. The highest BCUT2D eigenvalue weighted by Gasteiger charge is 2.25. The Morgan fingerprint density at radius 3 is 2.90 bits per heavy atom. The van der Waals surface area contributed by atoms with E-state index >= 15 is 0 Å². The standard InChI is InChI=1S/C16H23N3OS/c1-9(2)6-13(18)15(20)19-16-12(8-17)11-5-4-10(3)7-14(11)21-16/h9-10,13H,4-7,18H2,1-3H3,(H,19,20)/t10?,13-/m0/s1. The van der Waals surface area contributed by atoms with Gasteiger partial charge in [0.2, 0.25) is 5.91 Å². The van der Waals surface area contributed by atoms with Crippen molar-refractivity contribution in [2.24, 2.45) is 17.6 Å². The highest BCUT2D eigenvalue weighted by molar-refractivity contribution is 7.16. The predicted octanol–water partition coefficient (Wildman–Crippen LogP) is 3.06. The van der Waals surface area contributed by atoms with Gasteiger partial charge in [0.15, 0.2) is 0 Å². The van der Waals surface area contributed by atoms with Crippen LogP contribution in [0.5, 0.6) is 0 Å². The Balaban J connectivity index is 2.17. The minimum absolute atomic E-state index is 0.188. The van der Waals surface area contributed by atoms with Gasteiger partial charge in [0.25, 0.3) is 0 Å². The van der Waals surface area contributed by atoms with E-state index < -0.39 is 6.04 Å². The number of rotatable bonds is 4. The SMILES string of the molecule is CC(C)C[C@H](N)C(=O)Nc1sc2c(c1C#N)CCC(C)C2. The van der Waals surface area contributed by atoms with Crippen LogP contribution in [0.2, 0.25) is 0 Å². The zero-order valence-corrected chi connectivity index (χ0v) is 13.7. The molecular formula is C16H23N3OS. The number of nitriles is 1. The van der Waals surface area contributed by atoms with E-state index in [0.29, 0.717) is 28.8 Å². The summed E-state index contributed by atoms with van der Waals surface area (Å²) in [6.07, 6.45) is 3.70. The summed E-state index contributed by atoms with van der Waals surface area (Å²) in [5.41, 5.74) is 7.69. The van der Waals surface area contributed by atoms with Gasteiger partial charge >= 0.3 is 0 Å². The second-order valence-electron chi connectivity index (χ2n) is 6.39. The summed E-state index contributed by atoms with van der Waals surface area (Å²) in [6.45, 7) is 6.31. The highest BCUT2D eigenvalue weighted by atomic mass is 32.1. The van der Waals surface area contributed by atoms with Crippen molar-refractivity contribution in [2.75, 3.05) is 5.32 Å². The lowest BCUT2D eigenvalue weighted by atomic mass is 9.88. The van der Waals surface area contributed by atoms with Gasteiger partial charge in [0.1, 0.15) is 11.1 Å². The number of hydrogen-bond acceptors (Lipinski definition) is 4. The Kier molecular flexibility index (Phi) is 5.02. The summed E-state index contributed by atoms with van der Waals surface area (Å²) in [5, 5.41) is 13.0. The third-order valence-corrected chi connectivity index (χ3v) is 5.09. The number of nitrogens with zero attached hydrogens (tertiary/aromatic N) is 1. The van der Waals surface area contributed by atoms with Crippen molar-refractivity contribution in [1.29, 1.82) is 5.26 Å². The normalized spacial score (nSPS) is 19.0. The van der Waals surface area contributed by atoms with E-state index in [9.17, 15) is 10.1 Å². The van der Waals surface area contributed by atoms with Crippen LogP contribution in [0.25, 0.3) is 0 Å². The van der Waals surface area contributed by atoms with E-state index in [2.05, 4.69) is 18.3 Å². The molecule has 114 valence electrons. The van der Waals surface area contributed by atoms with Gasteiger partial charge in [-0.25, -0.2) is 0 Å². The molecule has 0 bridgehead atoms. The van der Waals surface area contributed by atoms with Gasteiger partial charge in [-0.15, -0.1) is 11.3 Å². The molecule has 1 heterocycles. The average Bonchev–Trinajstić information content (AvgIpc) is 2.73. The minimum Gasteiger partial charge on any atom is -0.320 e. The Hall–Kier alpha value is -1.38. The molecule has 3 N–H and O–H groups in total. The van der Waals surface area contributed by atoms with Gasteiger partial charge in [-0.1, -0.05) is 20.8 Å². The molecule has 21 heavy (non-hydrogen) atoms. The van der Waals surface area contributed by atoms with Crippen LogP contribution in [0.1, 0.15) is 49.6 Å². The van der Waals surface area contributed by atoms with E-state index in [1.165, 1.54) is 4.88 Å². The Labute approximate surface area is 130 Å². The smallest absolute Gasteiger partial charge is 0.241 e. The predicted molar refractivity (Wildman–Crippen MR) is 86.3 cm³/mol. The van der Waals surface area contributed by atoms with Gasteiger partial charge in [-0.3, -0.25) is 4.79 Å². The first-order chi connectivity index (χ1) is 9.92. The first kappa shape index (κ1) is 16.0. The van der Waals surface area contributed by atoms with Crippen LogP contribution >= 0.6 is 11.3 Å². The van der Waals surface area contributed by atoms with Crippen molar-refractivity contribution < 1.29 is 4.79 Å². The zero-order valence-electron chi connectivity index (χ0n) is 12.9. The van der Waals surface area contributed by atoms with Crippen LogP contribution < -0.4 is 11.1 Å². The molecule has 1 aliphatic rings. The van der Waals surface area contributed by atoms with Crippen LogP contribution in [-0.4, -0.2) is 11.9 Å². The maximum absolute atomic E-state index is 12.2. The summed E-state index contributed by atoms with van der Waals surface area (Å²) in [7, 11) is 0. The first-order valence-corrected chi connectivity index (χ1v) is 8.35. The summed E-state index contributed by atoms with van der Waals surface area (Å²) in [6, 6.07) is 1.74. The number of carbonyl (C=O) groups excluding carboxylic acids is 1. The Bertz CT molecular complexity index is 571. The van der Waals surface area contributed by atoms with Crippen molar-refractivity contribution >= 4 is 22.2 Å². The quantitative estimate of drug-likeness (QED) is 0.897. The number of amides is 1. The van der Waals surface area contributed by atoms with Crippen LogP contribution in [0.4, 0.5) is 5.00 Å². The highest BCUT2D eigenvalue weighted by Crippen LogP contribution is 2.39. The lowest BCUT2D eigenvalue weighted by molar-refractivity contribution is -0.117. The van der Waals surface area contributed by atoms with Crippen LogP contribution in [-0.2, 0) is 17.6 Å². The molecule has 0 aliphatic heterocycles. The van der Waals surface area contributed by atoms with Crippen molar-refractivity contribution in [1.82, 2.24) is 0 Å². The lowest BCUT2D eigenvalue weighted by Gasteiger charge is -2.17. The molecule has 1 amide bonds. The molecule has 2 rings (SSSR count). The zero-order chi connectivity index (χ0) is 15.6. The molecule has 1 aliphatic carbocycles. The Morgan fingerprint density at radius 1 is 1.57 bits per heavy atom. The molecule has 0 fully saturated rings. The molecule has 4 nitrogen and oxygen atoms in total. The van der Waals surface area contributed by atoms with Crippen molar-refractivity contribution in [3.05, 3.63) is 16.0 Å². The fourth-order valence-electron chi connectivity index (χ4n) is 2.78. The maximum atomic E-state index is 12.2. The topological polar surface area (TPSA) is 78.9 Å². The largest absolute Gasteiger partial charge is 0.320 e. The summed E-state index contributed by atoms with van der Waals surface area (Å²) >= 11 is 1.54. The number of thiophene rings is 1. The fraction of sp³-hybridized carbons (Fsp3) is 0.625. The summed E-state index contributed by atoms with van der Waals surface area (Å²) < 4.78 is 0. The van der Waals surface area contributed by atoms with Crippen molar-refractivity contribution in [3.8, 4) is 6.07 Å². The third-order valence-electron chi connectivity index (χ3n) is 3.92. The molecule has 2 atom stereocenters. The molecule has 0 spiro atoms. The van der Waals surface area contributed by atoms with Gasteiger partial charge in [-0.05, 0) is 43.1 Å². The summed E-state index contributed by atoms with van der Waals surface area (Å²) in [4.78, 5) is 13.4.